The van der Waals surface area contributed by atoms with Crippen LogP contribution in [-0.2, 0) is 0 Å². The number of carboxylic acid groups (broad SMARTS) is 1. The van der Waals surface area contributed by atoms with Crippen LogP contribution in [0.4, 0.5) is 5.82 Å². The number of fused-ring (bicyclic) bond motifs is 1. The van der Waals surface area contributed by atoms with Gasteiger partial charge in [-0.1, -0.05) is 0 Å². The van der Waals surface area contributed by atoms with Gasteiger partial charge >= 0.3 is 5.97 Å². The summed E-state index contributed by atoms with van der Waals surface area (Å²) < 4.78 is 0. The van der Waals surface area contributed by atoms with Gasteiger partial charge < -0.3 is 10.4 Å². The lowest BCUT2D eigenvalue weighted by molar-refractivity contribution is 0.0697. The summed E-state index contributed by atoms with van der Waals surface area (Å²) in [5, 5.41) is 18.1. The molecule has 0 bridgehead atoms. The molecule has 0 fully saturated rings. The normalized spacial score (nSPS) is 10.8. The fourth-order valence-corrected chi connectivity index (χ4v) is 1.57. The van der Waals surface area contributed by atoms with Gasteiger partial charge in [0.15, 0.2) is 0 Å². The van der Waals surface area contributed by atoms with Crippen molar-refractivity contribution < 1.29 is 9.90 Å². The molecule has 2 aromatic rings. The summed E-state index contributed by atoms with van der Waals surface area (Å²) in [6, 6.07) is 1.33. The molecule has 0 aliphatic heterocycles. The van der Waals surface area contributed by atoms with Crippen molar-refractivity contribution in [1.29, 1.82) is 0 Å². The van der Waals surface area contributed by atoms with Crippen molar-refractivity contribution in [2.45, 2.75) is 19.9 Å². The third-order valence-electron chi connectivity index (χ3n) is 2.31. The van der Waals surface area contributed by atoms with Gasteiger partial charge in [0.05, 0.1) is 17.1 Å². The molecular weight excluding hydrogens is 236 g/mol. The first-order valence-corrected chi connectivity index (χ1v) is 5.37. The van der Waals surface area contributed by atoms with Gasteiger partial charge in [0, 0.05) is 6.04 Å². The topological polar surface area (TPSA) is 108 Å². The average molecular weight is 248 g/mol. The Kier molecular flexibility index (Phi) is 2.97. The number of rotatable bonds is 3. The quantitative estimate of drug-likeness (QED) is 0.742. The summed E-state index contributed by atoms with van der Waals surface area (Å²) in [6.45, 7) is 3.74. The summed E-state index contributed by atoms with van der Waals surface area (Å²) >= 11 is 0. The van der Waals surface area contributed by atoms with Crippen molar-refractivity contribution in [2.75, 3.05) is 5.32 Å². The van der Waals surface area contributed by atoms with Crippen LogP contribution in [0.15, 0.2) is 17.1 Å². The van der Waals surface area contributed by atoms with Crippen LogP contribution in [-0.4, -0.2) is 32.3 Å². The fraction of sp³-hybridized carbons (Fsp3) is 0.273. The summed E-state index contributed by atoms with van der Waals surface area (Å²) in [5.41, 5.74) is -0.140. The van der Waals surface area contributed by atoms with Gasteiger partial charge in [-0.05, 0) is 19.9 Å². The Bertz CT molecular complexity index is 663. The number of aromatic amines is 1. The smallest absolute Gasteiger partial charge is 0.339 e. The molecule has 2 heterocycles. The highest BCUT2D eigenvalue weighted by atomic mass is 16.4. The van der Waals surface area contributed by atoms with Crippen LogP contribution < -0.4 is 10.9 Å². The zero-order valence-corrected chi connectivity index (χ0v) is 9.89. The van der Waals surface area contributed by atoms with Crippen LogP contribution >= 0.6 is 0 Å². The van der Waals surface area contributed by atoms with Gasteiger partial charge in [-0.3, -0.25) is 4.79 Å². The Labute approximate surface area is 102 Å². The molecule has 0 spiro atoms. The molecular formula is C11H12N4O3. The SMILES string of the molecule is CC(C)Nc1nc2cn[nH]c(=O)c2cc1C(=O)O. The van der Waals surface area contributed by atoms with E-state index in [1.807, 2.05) is 13.8 Å². The van der Waals surface area contributed by atoms with Crippen molar-refractivity contribution in [3.8, 4) is 0 Å². The van der Waals surface area contributed by atoms with Gasteiger partial charge in [-0.2, -0.15) is 5.10 Å². The van der Waals surface area contributed by atoms with E-state index in [9.17, 15) is 9.59 Å². The first-order chi connectivity index (χ1) is 8.49. The van der Waals surface area contributed by atoms with E-state index in [-0.39, 0.29) is 22.8 Å². The molecule has 7 heteroatoms. The first kappa shape index (κ1) is 12.0. The highest BCUT2D eigenvalue weighted by Crippen LogP contribution is 2.18. The Morgan fingerprint density at radius 1 is 1.50 bits per heavy atom. The van der Waals surface area contributed by atoms with Crippen molar-refractivity contribution in [1.82, 2.24) is 15.2 Å². The van der Waals surface area contributed by atoms with Gasteiger partial charge in [-0.25, -0.2) is 14.9 Å². The maximum Gasteiger partial charge on any atom is 0.339 e. The van der Waals surface area contributed by atoms with Crippen molar-refractivity contribution in [3.63, 3.8) is 0 Å². The molecule has 94 valence electrons. The maximum atomic E-state index is 11.5. The minimum atomic E-state index is -1.14. The number of hydrogen-bond acceptors (Lipinski definition) is 5. The Hall–Kier alpha value is -2.44. The molecule has 0 aliphatic carbocycles. The number of nitrogens with zero attached hydrogens (tertiary/aromatic N) is 2. The van der Waals surface area contributed by atoms with E-state index in [2.05, 4.69) is 20.5 Å². The highest BCUT2D eigenvalue weighted by Gasteiger charge is 2.15. The number of carboxylic acids is 1. The van der Waals surface area contributed by atoms with Crippen LogP contribution in [0, 0.1) is 0 Å². The molecule has 0 unspecified atom stereocenters. The number of H-pyrrole nitrogens is 1. The van der Waals surface area contributed by atoms with E-state index in [1.54, 1.807) is 0 Å². The van der Waals surface area contributed by atoms with Crippen molar-refractivity contribution in [2.24, 2.45) is 0 Å². The maximum absolute atomic E-state index is 11.5. The predicted octanol–water partition coefficient (Wildman–Crippen LogP) is 0.837. The van der Waals surface area contributed by atoms with E-state index >= 15 is 0 Å². The minimum Gasteiger partial charge on any atom is -0.478 e. The van der Waals surface area contributed by atoms with E-state index in [1.165, 1.54) is 12.3 Å². The molecule has 0 amide bonds. The van der Waals surface area contributed by atoms with E-state index in [0.29, 0.717) is 5.52 Å². The number of aromatic carboxylic acids is 1. The van der Waals surface area contributed by atoms with Crippen LogP contribution in [0.1, 0.15) is 24.2 Å². The Balaban J connectivity index is 2.72. The average Bonchev–Trinajstić information content (AvgIpc) is 2.27. The van der Waals surface area contributed by atoms with Gasteiger partial charge in [0.2, 0.25) is 0 Å². The van der Waals surface area contributed by atoms with E-state index in [4.69, 9.17) is 5.11 Å². The summed E-state index contributed by atoms with van der Waals surface area (Å²) in [7, 11) is 0. The number of hydrogen-bond donors (Lipinski definition) is 3. The number of carbonyl (C=O) groups is 1. The number of pyridine rings is 1. The van der Waals surface area contributed by atoms with Crippen LogP contribution in [0.5, 0.6) is 0 Å². The van der Waals surface area contributed by atoms with E-state index < -0.39 is 11.5 Å². The molecule has 0 atom stereocenters. The molecule has 2 aromatic heterocycles. The second-order valence-electron chi connectivity index (χ2n) is 4.12. The zero-order valence-electron chi connectivity index (χ0n) is 9.89. The zero-order chi connectivity index (χ0) is 13.3. The molecule has 0 aromatic carbocycles. The van der Waals surface area contributed by atoms with Crippen LogP contribution in [0.3, 0.4) is 0 Å². The van der Waals surface area contributed by atoms with Crippen LogP contribution in [0.25, 0.3) is 10.9 Å². The molecule has 18 heavy (non-hydrogen) atoms. The van der Waals surface area contributed by atoms with Crippen molar-refractivity contribution in [3.05, 3.63) is 28.2 Å². The Morgan fingerprint density at radius 3 is 2.83 bits per heavy atom. The highest BCUT2D eigenvalue weighted by molar-refractivity contribution is 5.97. The number of nitrogens with one attached hydrogen (secondary N) is 2. The predicted molar refractivity (Wildman–Crippen MR) is 65.9 cm³/mol. The summed E-state index contributed by atoms with van der Waals surface area (Å²) in [5.74, 6) is -0.902. The second kappa shape index (κ2) is 4.44. The standard InChI is InChI=1S/C11H12N4O3/c1-5(2)13-9-7(11(17)18)3-6-8(14-9)4-12-15-10(6)16/h3-5H,1-2H3,(H,13,14)(H,15,16)(H,17,18). The summed E-state index contributed by atoms with van der Waals surface area (Å²) in [6.07, 6.45) is 1.38. The second-order valence-corrected chi connectivity index (χ2v) is 4.12. The summed E-state index contributed by atoms with van der Waals surface area (Å²) in [4.78, 5) is 26.8. The van der Waals surface area contributed by atoms with Crippen LogP contribution in [0.2, 0.25) is 0 Å². The van der Waals surface area contributed by atoms with Gasteiger partial charge in [-0.15, -0.1) is 0 Å². The minimum absolute atomic E-state index is 0.0306. The molecule has 0 saturated carbocycles. The molecule has 0 aliphatic rings. The Morgan fingerprint density at radius 2 is 2.22 bits per heavy atom. The fourth-order valence-electron chi connectivity index (χ4n) is 1.57. The molecule has 7 nitrogen and oxygen atoms in total. The van der Waals surface area contributed by atoms with E-state index in [0.717, 1.165) is 0 Å². The first-order valence-electron chi connectivity index (χ1n) is 5.37. The van der Waals surface area contributed by atoms with Gasteiger partial charge in [0.25, 0.3) is 5.56 Å². The third kappa shape index (κ3) is 2.15. The third-order valence-corrected chi connectivity index (χ3v) is 2.31. The van der Waals surface area contributed by atoms with Gasteiger partial charge in [0.1, 0.15) is 11.4 Å². The van der Waals surface area contributed by atoms with Crippen molar-refractivity contribution >= 4 is 22.7 Å². The largest absolute Gasteiger partial charge is 0.478 e. The lowest BCUT2D eigenvalue weighted by atomic mass is 10.2. The lowest BCUT2D eigenvalue weighted by Gasteiger charge is -2.12. The number of aromatic nitrogens is 3. The monoisotopic (exact) mass is 248 g/mol. The molecule has 0 radical (unpaired) electrons. The number of anilines is 1. The molecule has 2 rings (SSSR count). The molecule has 0 saturated heterocycles. The lowest BCUT2D eigenvalue weighted by Crippen LogP contribution is -2.17. The molecule has 3 N–H and O–H groups in total.